The summed E-state index contributed by atoms with van der Waals surface area (Å²) < 4.78 is 0. The van der Waals surface area contributed by atoms with Crippen molar-refractivity contribution in [2.75, 3.05) is 5.32 Å². The van der Waals surface area contributed by atoms with Crippen LogP contribution in [0.1, 0.15) is 49.7 Å². The van der Waals surface area contributed by atoms with Crippen LogP contribution >= 0.6 is 0 Å². The fourth-order valence-corrected chi connectivity index (χ4v) is 5.08. The van der Waals surface area contributed by atoms with Gasteiger partial charge in [0, 0.05) is 23.2 Å². The second-order valence-electron chi connectivity index (χ2n) is 8.05. The zero-order valence-corrected chi connectivity index (χ0v) is 16.9. The van der Waals surface area contributed by atoms with E-state index in [2.05, 4.69) is 78.1 Å². The lowest BCUT2D eigenvalue weighted by atomic mass is 9.62. The molecular weight excluding hydrogens is 352 g/mol. The van der Waals surface area contributed by atoms with Crippen LogP contribution < -0.4 is 5.32 Å². The third-order valence-electron chi connectivity index (χ3n) is 6.43. The Morgan fingerprint density at radius 1 is 0.759 bits per heavy atom. The van der Waals surface area contributed by atoms with Crippen molar-refractivity contribution in [2.24, 2.45) is 5.92 Å². The third kappa shape index (κ3) is 4.05. The van der Waals surface area contributed by atoms with Crippen LogP contribution in [0.4, 0.5) is 11.4 Å². The lowest BCUT2D eigenvalue weighted by Crippen LogP contribution is -2.35. The van der Waals surface area contributed by atoms with Crippen molar-refractivity contribution in [1.82, 2.24) is 0 Å². The quantitative estimate of drug-likeness (QED) is 0.470. The molecule has 1 atom stereocenters. The molecule has 0 amide bonds. The van der Waals surface area contributed by atoms with E-state index in [1.165, 1.54) is 36.8 Å². The van der Waals surface area contributed by atoms with Gasteiger partial charge >= 0.3 is 0 Å². The number of rotatable bonds is 7. The first-order chi connectivity index (χ1) is 14.3. The Labute approximate surface area is 174 Å². The molecule has 1 aliphatic carbocycles. The first kappa shape index (κ1) is 19.3. The van der Waals surface area contributed by atoms with Gasteiger partial charge in [-0.15, -0.1) is 0 Å². The zero-order valence-electron chi connectivity index (χ0n) is 16.9. The molecule has 3 aromatic carbocycles. The van der Waals surface area contributed by atoms with Crippen LogP contribution in [0.15, 0.2) is 84.9 Å². The minimum Gasteiger partial charge on any atom is -0.356 e. The van der Waals surface area contributed by atoms with Crippen LogP contribution in [0.3, 0.4) is 0 Å². The van der Waals surface area contributed by atoms with Crippen LogP contribution in [0.2, 0.25) is 0 Å². The molecule has 2 nitrogen and oxygen atoms in total. The Kier molecular flexibility index (Phi) is 5.96. The van der Waals surface area contributed by atoms with Gasteiger partial charge < -0.3 is 5.32 Å². The predicted molar refractivity (Wildman–Crippen MR) is 120 cm³/mol. The van der Waals surface area contributed by atoms with Crippen LogP contribution in [0.25, 0.3) is 0 Å². The summed E-state index contributed by atoms with van der Waals surface area (Å²) in [5.74, 6) is 0.589. The average molecular weight is 381 g/mol. The fourth-order valence-electron chi connectivity index (χ4n) is 5.08. The molecule has 146 valence electrons. The highest BCUT2D eigenvalue weighted by Crippen LogP contribution is 2.49. The van der Waals surface area contributed by atoms with Gasteiger partial charge in [-0.25, -0.2) is 0 Å². The Morgan fingerprint density at radius 3 is 1.93 bits per heavy atom. The molecule has 0 spiro atoms. The van der Waals surface area contributed by atoms with E-state index in [1.807, 2.05) is 18.2 Å². The fraction of sp³-hybridized carbons (Fsp3) is 0.296. The van der Waals surface area contributed by atoms with E-state index in [0.717, 1.165) is 17.8 Å². The molecule has 0 heterocycles. The van der Waals surface area contributed by atoms with Crippen molar-refractivity contribution in [2.45, 2.75) is 43.9 Å². The number of nitrogens with zero attached hydrogens (tertiary/aromatic N) is 1. The number of hydrogen-bond acceptors (Lipinski definition) is 2. The van der Waals surface area contributed by atoms with Gasteiger partial charge in [0.15, 0.2) is 0 Å². The van der Waals surface area contributed by atoms with Crippen LogP contribution in [0.5, 0.6) is 0 Å². The monoisotopic (exact) mass is 380 g/mol. The molecule has 1 unspecified atom stereocenters. The zero-order chi connectivity index (χ0) is 19.9. The summed E-state index contributed by atoms with van der Waals surface area (Å²) in [6.07, 6.45) is 6.52. The molecule has 2 heteroatoms. The molecule has 1 N–H and O–H groups in total. The van der Waals surface area contributed by atoms with E-state index >= 15 is 0 Å². The van der Waals surface area contributed by atoms with Gasteiger partial charge in [-0.3, -0.25) is 0 Å². The van der Waals surface area contributed by atoms with E-state index in [9.17, 15) is 5.26 Å². The minimum absolute atomic E-state index is 0.0846. The number of anilines is 2. The standard InChI is InChI=1S/C27H28N2/c28-21-9-20-27(23-12-7-8-13-23,22-10-3-1-4-11-22)24-16-18-26(19-17-24)29-25-14-5-2-6-15-25/h1-6,10-11,14-19,23,29H,7-9,12-13,20H2. The Morgan fingerprint density at radius 2 is 1.31 bits per heavy atom. The summed E-state index contributed by atoms with van der Waals surface area (Å²) >= 11 is 0. The summed E-state index contributed by atoms with van der Waals surface area (Å²) in [6.45, 7) is 0. The molecule has 1 fully saturated rings. The number of nitrogens with one attached hydrogen (secondary N) is 1. The summed E-state index contributed by atoms with van der Waals surface area (Å²) in [7, 11) is 0. The number of para-hydroxylation sites is 1. The topological polar surface area (TPSA) is 35.8 Å². The van der Waals surface area contributed by atoms with Gasteiger partial charge in [-0.2, -0.15) is 5.26 Å². The molecule has 0 aliphatic heterocycles. The maximum Gasteiger partial charge on any atom is 0.0622 e. The predicted octanol–water partition coefficient (Wildman–Crippen LogP) is 7.21. The normalized spacial score (nSPS) is 16.1. The largest absolute Gasteiger partial charge is 0.356 e. The highest BCUT2D eigenvalue weighted by molar-refractivity contribution is 5.60. The van der Waals surface area contributed by atoms with Crippen molar-refractivity contribution in [3.8, 4) is 6.07 Å². The van der Waals surface area contributed by atoms with Gasteiger partial charge in [0.2, 0.25) is 0 Å². The Bertz CT molecular complexity index is 935. The Hall–Kier alpha value is -3.05. The van der Waals surface area contributed by atoms with Crippen molar-refractivity contribution in [1.29, 1.82) is 5.26 Å². The molecule has 1 saturated carbocycles. The lowest BCUT2D eigenvalue weighted by Gasteiger charge is -2.40. The van der Waals surface area contributed by atoms with Gasteiger partial charge in [-0.05, 0) is 60.6 Å². The first-order valence-electron chi connectivity index (χ1n) is 10.7. The maximum absolute atomic E-state index is 9.41. The number of hydrogen-bond donors (Lipinski definition) is 1. The lowest BCUT2D eigenvalue weighted by molar-refractivity contribution is 0.307. The molecule has 29 heavy (non-hydrogen) atoms. The number of benzene rings is 3. The SMILES string of the molecule is N#CCCC(c1ccccc1)(c1ccc(Nc2ccccc2)cc1)C1CCCC1. The molecular formula is C27H28N2. The van der Waals surface area contributed by atoms with E-state index in [1.54, 1.807) is 0 Å². The van der Waals surface area contributed by atoms with Crippen molar-refractivity contribution < 1.29 is 0 Å². The van der Waals surface area contributed by atoms with Crippen LogP contribution in [0, 0.1) is 17.2 Å². The second kappa shape index (κ2) is 8.97. The van der Waals surface area contributed by atoms with E-state index in [-0.39, 0.29) is 5.41 Å². The molecule has 3 aromatic rings. The average Bonchev–Trinajstić information content (AvgIpc) is 3.32. The van der Waals surface area contributed by atoms with Gasteiger partial charge in [0.05, 0.1) is 6.07 Å². The van der Waals surface area contributed by atoms with E-state index in [0.29, 0.717) is 12.3 Å². The third-order valence-corrected chi connectivity index (χ3v) is 6.43. The first-order valence-corrected chi connectivity index (χ1v) is 10.7. The number of nitriles is 1. The molecule has 0 radical (unpaired) electrons. The van der Waals surface area contributed by atoms with Crippen molar-refractivity contribution >= 4 is 11.4 Å². The summed E-state index contributed by atoms with van der Waals surface area (Å²) in [4.78, 5) is 0. The highest BCUT2D eigenvalue weighted by Gasteiger charge is 2.42. The molecule has 1 aliphatic rings. The maximum atomic E-state index is 9.41. The molecule has 0 aromatic heterocycles. The van der Waals surface area contributed by atoms with Crippen LogP contribution in [-0.4, -0.2) is 0 Å². The Balaban J connectivity index is 1.73. The van der Waals surface area contributed by atoms with Crippen molar-refractivity contribution in [3.63, 3.8) is 0 Å². The van der Waals surface area contributed by atoms with Crippen molar-refractivity contribution in [3.05, 3.63) is 96.1 Å². The summed E-state index contributed by atoms with van der Waals surface area (Å²) in [5.41, 5.74) is 4.79. The van der Waals surface area contributed by atoms with E-state index in [4.69, 9.17) is 0 Å². The summed E-state index contributed by atoms with van der Waals surface area (Å²) in [5, 5.41) is 12.9. The molecule has 4 rings (SSSR count). The van der Waals surface area contributed by atoms with Gasteiger partial charge in [0.1, 0.15) is 0 Å². The van der Waals surface area contributed by atoms with Gasteiger partial charge in [0.25, 0.3) is 0 Å². The van der Waals surface area contributed by atoms with Crippen LogP contribution in [-0.2, 0) is 5.41 Å². The second-order valence-corrected chi connectivity index (χ2v) is 8.05. The highest BCUT2D eigenvalue weighted by atomic mass is 14.9. The van der Waals surface area contributed by atoms with E-state index < -0.39 is 0 Å². The molecule has 0 saturated heterocycles. The minimum atomic E-state index is -0.0846. The smallest absolute Gasteiger partial charge is 0.0622 e. The summed E-state index contributed by atoms with van der Waals surface area (Å²) in [6, 6.07) is 32.5. The molecule has 0 bridgehead atoms. The van der Waals surface area contributed by atoms with Gasteiger partial charge in [-0.1, -0.05) is 73.5 Å².